The second-order valence-electron chi connectivity index (χ2n) is 5.46. The van der Waals surface area contributed by atoms with Gasteiger partial charge in [0.15, 0.2) is 0 Å². The average molecular weight is 342 g/mol. The van der Waals surface area contributed by atoms with Crippen LogP contribution in [0.4, 0.5) is 11.5 Å². The van der Waals surface area contributed by atoms with E-state index in [1.807, 2.05) is 13.8 Å². The summed E-state index contributed by atoms with van der Waals surface area (Å²) >= 11 is 0. The van der Waals surface area contributed by atoms with E-state index in [-0.39, 0.29) is 17.6 Å². The first kappa shape index (κ1) is 18.4. The maximum Gasteiger partial charge on any atom is 0.340 e. The fraction of sp³-hybridized carbons (Fsp3) is 0.333. The summed E-state index contributed by atoms with van der Waals surface area (Å²) in [5.41, 5.74) is 1.21. The number of ether oxygens (including phenoxy) is 1. The Morgan fingerprint density at radius 3 is 2.56 bits per heavy atom. The van der Waals surface area contributed by atoms with Crippen molar-refractivity contribution in [2.24, 2.45) is 0 Å². The molecule has 132 valence electrons. The number of nitrogens with one attached hydrogen (secondary N) is 2. The van der Waals surface area contributed by atoms with Crippen LogP contribution in [-0.2, 0) is 4.74 Å². The molecule has 7 nitrogen and oxygen atoms in total. The average Bonchev–Trinajstić information content (AvgIpc) is 2.62. The van der Waals surface area contributed by atoms with Crippen LogP contribution < -0.4 is 10.6 Å². The van der Waals surface area contributed by atoms with Crippen LogP contribution in [0.2, 0.25) is 0 Å². The van der Waals surface area contributed by atoms with Gasteiger partial charge < -0.3 is 15.4 Å². The number of anilines is 2. The normalized spacial score (nSPS) is 11.5. The first-order valence-corrected chi connectivity index (χ1v) is 8.21. The molecule has 0 aliphatic heterocycles. The highest BCUT2D eigenvalue weighted by Crippen LogP contribution is 2.20. The summed E-state index contributed by atoms with van der Waals surface area (Å²) in [6, 6.07) is 7.04. The monoisotopic (exact) mass is 342 g/mol. The summed E-state index contributed by atoms with van der Waals surface area (Å²) in [6.07, 6.45) is 3.68. The topological polar surface area (TPSA) is 93.2 Å². The summed E-state index contributed by atoms with van der Waals surface area (Å²) in [6.45, 7) is 5.97. The third-order valence-electron chi connectivity index (χ3n) is 3.56. The number of para-hydroxylation sites is 1. The minimum atomic E-state index is -0.414. The van der Waals surface area contributed by atoms with Crippen molar-refractivity contribution in [3.8, 4) is 0 Å². The molecular weight excluding hydrogens is 320 g/mol. The Balaban J connectivity index is 2.12. The highest BCUT2D eigenvalue weighted by atomic mass is 16.5. The second-order valence-corrected chi connectivity index (χ2v) is 5.46. The van der Waals surface area contributed by atoms with Crippen LogP contribution in [0.5, 0.6) is 0 Å². The minimum absolute atomic E-state index is 0.0727. The summed E-state index contributed by atoms with van der Waals surface area (Å²) in [5.74, 6) is -0.250. The van der Waals surface area contributed by atoms with Gasteiger partial charge in [0.2, 0.25) is 0 Å². The van der Waals surface area contributed by atoms with Crippen molar-refractivity contribution in [2.75, 3.05) is 11.9 Å². The van der Waals surface area contributed by atoms with Crippen molar-refractivity contribution in [3.63, 3.8) is 0 Å². The zero-order valence-corrected chi connectivity index (χ0v) is 14.6. The predicted octanol–water partition coefficient (Wildman–Crippen LogP) is 2.93. The van der Waals surface area contributed by atoms with Gasteiger partial charge in [-0.05, 0) is 32.4 Å². The van der Waals surface area contributed by atoms with Gasteiger partial charge in [-0.1, -0.05) is 19.1 Å². The number of carbonyl (C=O) groups excluding carboxylic acids is 2. The number of aromatic nitrogens is 2. The van der Waals surface area contributed by atoms with Crippen LogP contribution >= 0.6 is 0 Å². The van der Waals surface area contributed by atoms with E-state index in [4.69, 9.17) is 4.74 Å². The Bertz CT molecular complexity index is 731. The molecule has 1 amide bonds. The first-order chi connectivity index (χ1) is 12.0. The highest BCUT2D eigenvalue weighted by molar-refractivity contribution is 5.96. The fourth-order valence-corrected chi connectivity index (χ4v) is 2.03. The molecule has 0 bridgehead atoms. The molecule has 1 unspecified atom stereocenters. The Morgan fingerprint density at radius 1 is 1.16 bits per heavy atom. The zero-order chi connectivity index (χ0) is 18.2. The minimum Gasteiger partial charge on any atom is -0.462 e. The lowest BCUT2D eigenvalue weighted by Crippen LogP contribution is -2.32. The Hall–Kier alpha value is -2.96. The maximum atomic E-state index is 12.0. The van der Waals surface area contributed by atoms with E-state index in [0.29, 0.717) is 23.7 Å². The Kier molecular flexibility index (Phi) is 6.45. The van der Waals surface area contributed by atoms with Crippen molar-refractivity contribution in [1.29, 1.82) is 0 Å². The summed E-state index contributed by atoms with van der Waals surface area (Å²) in [5, 5.41) is 5.85. The number of nitrogens with zero attached hydrogens (tertiary/aromatic N) is 2. The SMILES string of the molecule is CCOC(=O)c1ccccc1Nc1cnc(C(=O)NC(C)CC)cn1. The summed E-state index contributed by atoms with van der Waals surface area (Å²) < 4.78 is 5.04. The van der Waals surface area contributed by atoms with Crippen molar-refractivity contribution < 1.29 is 14.3 Å². The van der Waals surface area contributed by atoms with Crippen LogP contribution in [0.15, 0.2) is 36.7 Å². The lowest BCUT2D eigenvalue weighted by Gasteiger charge is -2.12. The second kappa shape index (κ2) is 8.77. The molecule has 2 N–H and O–H groups in total. The van der Waals surface area contributed by atoms with Crippen LogP contribution in [0.25, 0.3) is 0 Å². The van der Waals surface area contributed by atoms with Gasteiger partial charge in [-0.3, -0.25) is 4.79 Å². The van der Waals surface area contributed by atoms with Gasteiger partial charge >= 0.3 is 5.97 Å². The van der Waals surface area contributed by atoms with E-state index < -0.39 is 5.97 Å². The summed E-state index contributed by atoms with van der Waals surface area (Å²) in [4.78, 5) is 32.3. The standard InChI is InChI=1S/C18H22N4O3/c1-4-12(3)21-17(23)15-10-20-16(11-19-15)22-14-9-7-6-8-13(14)18(24)25-5-2/h6-12H,4-5H2,1-3H3,(H,20,22)(H,21,23). The first-order valence-electron chi connectivity index (χ1n) is 8.21. The van der Waals surface area contributed by atoms with Crippen LogP contribution in [-0.4, -0.2) is 34.5 Å². The fourth-order valence-electron chi connectivity index (χ4n) is 2.03. The van der Waals surface area contributed by atoms with Crippen LogP contribution in [0.1, 0.15) is 48.0 Å². The quantitative estimate of drug-likeness (QED) is 0.752. The van der Waals surface area contributed by atoms with Crippen molar-refractivity contribution in [3.05, 3.63) is 47.9 Å². The van der Waals surface area contributed by atoms with E-state index >= 15 is 0 Å². The molecule has 0 radical (unpaired) electrons. The van der Waals surface area contributed by atoms with E-state index in [0.717, 1.165) is 6.42 Å². The molecule has 0 fully saturated rings. The number of rotatable bonds is 7. The van der Waals surface area contributed by atoms with Crippen molar-refractivity contribution in [1.82, 2.24) is 15.3 Å². The van der Waals surface area contributed by atoms with E-state index in [1.165, 1.54) is 12.4 Å². The van der Waals surface area contributed by atoms with Gasteiger partial charge in [0.05, 0.1) is 30.3 Å². The van der Waals surface area contributed by atoms with Gasteiger partial charge in [0, 0.05) is 6.04 Å². The van der Waals surface area contributed by atoms with Gasteiger partial charge in [-0.25, -0.2) is 14.8 Å². The van der Waals surface area contributed by atoms with Gasteiger partial charge in [-0.15, -0.1) is 0 Å². The molecule has 25 heavy (non-hydrogen) atoms. The van der Waals surface area contributed by atoms with Crippen molar-refractivity contribution in [2.45, 2.75) is 33.2 Å². The molecule has 0 spiro atoms. The molecule has 2 aromatic rings. The zero-order valence-electron chi connectivity index (χ0n) is 14.6. The Labute approximate surface area is 146 Å². The van der Waals surface area contributed by atoms with Crippen molar-refractivity contribution >= 4 is 23.4 Å². The molecule has 7 heteroatoms. The van der Waals surface area contributed by atoms with Crippen LogP contribution in [0.3, 0.4) is 0 Å². The molecule has 1 heterocycles. The number of hydrogen-bond acceptors (Lipinski definition) is 6. The molecular formula is C18H22N4O3. The number of esters is 1. The third kappa shape index (κ3) is 5.00. The molecule has 2 rings (SSSR count). The largest absolute Gasteiger partial charge is 0.462 e. The number of hydrogen-bond donors (Lipinski definition) is 2. The summed E-state index contributed by atoms with van der Waals surface area (Å²) in [7, 11) is 0. The molecule has 0 saturated heterocycles. The van der Waals surface area contributed by atoms with E-state index in [2.05, 4.69) is 20.6 Å². The molecule has 1 aromatic carbocycles. The van der Waals surface area contributed by atoms with Crippen LogP contribution in [0, 0.1) is 0 Å². The van der Waals surface area contributed by atoms with E-state index in [1.54, 1.807) is 31.2 Å². The predicted molar refractivity (Wildman–Crippen MR) is 94.9 cm³/mol. The maximum absolute atomic E-state index is 12.0. The Morgan fingerprint density at radius 2 is 1.92 bits per heavy atom. The molecule has 0 saturated carbocycles. The number of benzene rings is 1. The van der Waals surface area contributed by atoms with Gasteiger partial charge in [0.1, 0.15) is 11.5 Å². The molecule has 0 aliphatic carbocycles. The number of carbonyl (C=O) groups is 2. The molecule has 0 aliphatic rings. The smallest absolute Gasteiger partial charge is 0.340 e. The molecule has 1 atom stereocenters. The van der Waals surface area contributed by atoms with E-state index in [9.17, 15) is 9.59 Å². The van der Waals surface area contributed by atoms with Gasteiger partial charge in [-0.2, -0.15) is 0 Å². The third-order valence-corrected chi connectivity index (χ3v) is 3.56. The lowest BCUT2D eigenvalue weighted by molar-refractivity contribution is 0.0527. The highest BCUT2D eigenvalue weighted by Gasteiger charge is 2.13. The number of amides is 1. The van der Waals surface area contributed by atoms with Gasteiger partial charge in [0.25, 0.3) is 5.91 Å². The molecule has 1 aromatic heterocycles. The lowest BCUT2D eigenvalue weighted by atomic mass is 10.2.